The maximum atomic E-state index is 13.7. The molecule has 1 atom stereocenters. The Hall–Kier alpha value is -1.53. The second-order valence-corrected chi connectivity index (χ2v) is 6.05. The number of likely N-dealkylation sites (tertiary alicyclic amines) is 1. The van der Waals surface area contributed by atoms with Crippen molar-refractivity contribution in [1.82, 2.24) is 10.2 Å². The lowest BCUT2D eigenvalue weighted by atomic mass is 9.95. The highest BCUT2D eigenvalue weighted by molar-refractivity contribution is 5.78. The van der Waals surface area contributed by atoms with Gasteiger partial charge in [0.15, 0.2) is 0 Å². The van der Waals surface area contributed by atoms with Gasteiger partial charge in [0.05, 0.1) is 6.10 Å². The van der Waals surface area contributed by atoms with Gasteiger partial charge in [-0.1, -0.05) is 6.92 Å². The molecule has 6 heteroatoms. The lowest BCUT2D eigenvalue weighted by Crippen LogP contribution is -2.42. The van der Waals surface area contributed by atoms with E-state index in [0.717, 1.165) is 24.6 Å². The molecule has 1 aliphatic heterocycles. The van der Waals surface area contributed by atoms with E-state index >= 15 is 0 Å². The first kappa shape index (κ1) is 17.8. The summed E-state index contributed by atoms with van der Waals surface area (Å²) in [7, 11) is 0. The molecule has 0 radical (unpaired) electrons. The fourth-order valence-electron chi connectivity index (χ4n) is 2.88. The van der Waals surface area contributed by atoms with Crippen molar-refractivity contribution in [3.8, 4) is 0 Å². The Balaban J connectivity index is 1.84. The molecule has 23 heavy (non-hydrogen) atoms. The SMILES string of the molecule is CCCNC(=O)C1CCN(CC(O)c2cc(F)ccc2F)CC1. The highest BCUT2D eigenvalue weighted by Crippen LogP contribution is 2.23. The molecule has 1 fully saturated rings. The van der Waals surface area contributed by atoms with E-state index in [4.69, 9.17) is 0 Å². The molecule has 1 aromatic carbocycles. The van der Waals surface area contributed by atoms with E-state index in [2.05, 4.69) is 5.32 Å². The van der Waals surface area contributed by atoms with Crippen molar-refractivity contribution >= 4 is 5.91 Å². The zero-order valence-corrected chi connectivity index (χ0v) is 13.4. The number of benzene rings is 1. The predicted octanol–water partition coefficient (Wildman–Crippen LogP) is 2.24. The van der Waals surface area contributed by atoms with Gasteiger partial charge < -0.3 is 15.3 Å². The lowest BCUT2D eigenvalue weighted by Gasteiger charge is -2.32. The third kappa shape index (κ3) is 4.97. The normalized spacial score (nSPS) is 17.9. The van der Waals surface area contributed by atoms with Gasteiger partial charge in [-0.2, -0.15) is 0 Å². The predicted molar refractivity (Wildman–Crippen MR) is 83.8 cm³/mol. The molecule has 0 aliphatic carbocycles. The number of halogens is 2. The van der Waals surface area contributed by atoms with Gasteiger partial charge in [-0.05, 0) is 50.6 Å². The molecule has 0 saturated carbocycles. The minimum atomic E-state index is -1.07. The first-order valence-electron chi connectivity index (χ1n) is 8.14. The average molecular weight is 326 g/mol. The molecule has 1 saturated heterocycles. The topological polar surface area (TPSA) is 52.6 Å². The monoisotopic (exact) mass is 326 g/mol. The Morgan fingerprint density at radius 3 is 2.74 bits per heavy atom. The molecule has 1 amide bonds. The van der Waals surface area contributed by atoms with Crippen molar-refractivity contribution in [1.29, 1.82) is 0 Å². The molecule has 128 valence electrons. The van der Waals surface area contributed by atoms with E-state index < -0.39 is 17.7 Å². The van der Waals surface area contributed by atoms with Crippen molar-refractivity contribution in [2.75, 3.05) is 26.2 Å². The number of hydrogen-bond donors (Lipinski definition) is 2. The fourth-order valence-corrected chi connectivity index (χ4v) is 2.88. The van der Waals surface area contributed by atoms with E-state index in [-0.39, 0.29) is 23.9 Å². The van der Waals surface area contributed by atoms with Crippen LogP contribution in [0.3, 0.4) is 0 Å². The van der Waals surface area contributed by atoms with Crippen LogP contribution < -0.4 is 5.32 Å². The molecule has 0 spiro atoms. The summed E-state index contributed by atoms with van der Waals surface area (Å²) in [6.07, 6.45) is 1.27. The first-order chi connectivity index (χ1) is 11.0. The van der Waals surface area contributed by atoms with Crippen LogP contribution >= 0.6 is 0 Å². The lowest BCUT2D eigenvalue weighted by molar-refractivity contribution is -0.126. The van der Waals surface area contributed by atoms with Crippen molar-refractivity contribution in [3.05, 3.63) is 35.4 Å². The molecule has 1 aromatic rings. The van der Waals surface area contributed by atoms with Crippen molar-refractivity contribution < 1.29 is 18.7 Å². The van der Waals surface area contributed by atoms with Crippen LogP contribution in [0.25, 0.3) is 0 Å². The fraction of sp³-hybridized carbons (Fsp3) is 0.588. The van der Waals surface area contributed by atoms with Crippen LogP contribution in [0.2, 0.25) is 0 Å². The second-order valence-electron chi connectivity index (χ2n) is 6.05. The van der Waals surface area contributed by atoms with E-state index in [1.54, 1.807) is 0 Å². The van der Waals surface area contributed by atoms with Crippen molar-refractivity contribution in [2.45, 2.75) is 32.3 Å². The number of amides is 1. The maximum absolute atomic E-state index is 13.7. The number of nitrogens with zero attached hydrogens (tertiary/aromatic N) is 1. The van der Waals surface area contributed by atoms with Crippen LogP contribution in [0.5, 0.6) is 0 Å². The number of β-amino-alcohol motifs (C(OH)–C–C–N with tert-alkyl or cyclic N) is 1. The molecule has 1 heterocycles. The Morgan fingerprint density at radius 1 is 1.39 bits per heavy atom. The number of carbonyl (C=O) groups excluding carboxylic acids is 1. The number of carbonyl (C=O) groups is 1. The molecular formula is C17H24F2N2O2. The van der Waals surface area contributed by atoms with Crippen LogP contribution in [0.1, 0.15) is 37.9 Å². The van der Waals surface area contributed by atoms with Crippen LogP contribution in [0, 0.1) is 17.6 Å². The van der Waals surface area contributed by atoms with Crippen LogP contribution in [0.15, 0.2) is 18.2 Å². The Morgan fingerprint density at radius 2 is 2.09 bits per heavy atom. The number of hydrogen-bond acceptors (Lipinski definition) is 3. The zero-order chi connectivity index (χ0) is 16.8. The maximum Gasteiger partial charge on any atom is 0.223 e. The number of rotatable bonds is 6. The highest BCUT2D eigenvalue weighted by atomic mass is 19.1. The summed E-state index contributed by atoms with van der Waals surface area (Å²) in [5.74, 6) is -1.08. The molecule has 4 nitrogen and oxygen atoms in total. The third-order valence-corrected chi connectivity index (χ3v) is 4.26. The first-order valence-corrected chi connectivity index (χ1v) is 8.14. The van der Waals surface area contributed by atoms with E-state index in [0.29, 0.717) is 32.5 Å². The number of piperidine rings is 1. The molecule has 2 rings (SSSR count). The van der Waals surface area contributed by atoms with Gasteiger partial charge in [0.2, 0.25) is 5.91 Å². The van der Waals surface area contributed by atoms with Gasteiger partial charge in [-0.25, -0.2) is 8.78 Å². The standard InChI is InChI=1S/C17H24F2N2O2/c1-2-7-20-17(23)12-5-8-21(9-6-12)11-16(22)14-10-13(18)3-4-15(14)19/h3-4,10,12,16,22H,2,5-9,11H2,1H3,(H,20,23). The largest absolute Gasteiger partial charge is 0.387 e. The van der Waals surface area contributed by atoms with Gasteiger partial charge in [0.1, 0.15) is 11.6 Å². The second kappa shape index (κ2) is 8.36. The van der Waals surface area contributed by atoms with Crippen LogP contribution in [-0.2, 0) is 4.79 Å². The summed E-state index contributed by atoms with van der Waals surface area (Å²) in [6, 6.07) is 3.09. The summed E-state index contributed by atoms with van der Waals surface area (Å²) < 4.78 is 26.9. The van der Waals surface area contributed by atoms with E-state index in [1.165, 1.54) is 0 Å². The van der Waals surface area contributed by atoms with Crippen molar-refractivity contribution in [2.24, 2.45) is 5.92 Å². The van der Waals surface area contributed by atoms with Crippen LogP contribution in [-0.4, -0.2) is 42.1 Å². The summed E-state index contributed by atoms with van der Waals surface area (Å²) in [4.78, 5) is 13.9. The molecule has 1 unspecified atom stereocenters. The summed E-state index contributed by atoms with van der Waals surface area (Å²) in [6.45, 7) is 4.27. The molecule has 2 N–H and O–H groups in total. The summed E-state index contributed by atoms with van der Waals surface area (Å²) in [5, 5.41) is 13.0. The van der Waals surface area contributed by atoms with E-state index in [9.17, 15) is 18.7 Å². The van der Waals surface area contributed by atoms with Gasteiger partial charge in [-0.3, -0.25) is 4.79 Å². The van der Waals surface area contributed by atoms with Gasteiger partial charge in [0.25, 0.3) is 0 Å². The van der Waals surface area contributed by atoms with Gasteiger partial charge >= 0.3 is 0 Å². The summed E-state index contributed by atoms with van der Waals surface area (Å²) >= 11 is 0. The minimum absolute atomic E-state index is 0.000786. The quantitative estimate of drug-likeness (QED) is 0.843. The molecule has 0 aromatic heterocycles. The smallest absolute Gasteiger partial charge is 0.223 e. The molecule has 1 aliphatic rings. The number of aliphatic hydroxyl groups excluding tert-OH is 1. The molecular weight excluding hydrogens is 302 g/mol. The van der Waals surface area contributed by atoms with E-state index in [1.807, 2.05) is 11.8 Å². The number of nitrogens with one attached hydrogen (secondary N) is 1. The Bertz CT molecular complexity index is 531. The average Bonchev–Trinajstić information content (AvgIpc) is 2.55. The number of aliphatic hydroxyl groups is 1. The van der Waals surface area contributed by atoms with Crippen LogP contribution in [0.4, 0.5) is 8.78 Å². The molecule has 0 bridgehead atoms. The Kier molecular flexibility index (Phi) is 6.47. The van der Waals surface area contributed by atoms with Gasteiger partial charge in [0, 0.05) is 24.6 Å². The third-order valence-electron chi connectivity index (χ3n) is 4.26. The van der Waals surface area contributed by atoms with Gasteiger partial charge in [-0.15, -0.1) is 0 Å². The minimum Gasteiger partial charge on any atom is -0.387 e. The zero-order valence-electron chi connectivity index (χ0n) is 13.4. The van der Waals surface area contributed by atoms with Crippen molar-refractivity contribution in [3.63, 3.8) is 0 Å². The highest BCUT2D eigenvalue weighted by Gasteiger charge is 2.26. The Labute approximate surface area is 135 Å². The summed E-state index contributed by atoms with van der Waals surface area (Å²) in [5.41, 5.74) is -0.0205.